The average Bonchev–Trinajstić information content (AvgIpc) is 3.34. The SMILES string of the molecule is CCc1c(CN2CCCCC2C(=O)O)cccc1-c1nnc(-c2ccc(CC(C)C)c(C#N)c2)s1. The van der Waals surface area contributed by atoms with Crippen molar-refractivity contribution in [3.05, 3.63) is 58.7 Å². The normalized spacial score (nSPS) is 16.4. The molecule has 0 spiro atoms. The van der Waals surface area contributed by atoms with Gasteiger partial charge < -0.3 is 5.11 Å². The Morgan fingerprint density at radius 1 is 1.20 bits per heavy atom. The highest BCUT2D eigenvalue weighted by atomic mass is 32.1. The molecule has 0 aliphatic carbocycles. The second kappa shape index (κ2) is 11.1. The number of carbonyl (C=O) groups is 1. The van der Waals surface area contributed by atoms with Crippen LogP contribution in [0.25, 0.3) is 21.1 Å². The molecule has 1 saturated heterocycles. The predicted octanol–water partition coefficient (Wildman–Crippen LogP) is 5.94. The summed E-state index contributed by atoms with van der Waals surface area (Å²) in [7, 11) is 0. The van der Waals surface area contributed by atoms with Crippen LogP contribution in [-0.4, -0.2) is 38.8 Å². The largest absolute Gasteiger partial charge is 0.480 e. The molecule has 1 N–H and O–H groups in total. The monoisotopic (exact) mass is 488 g/mol. The van der Waals surface area contributed by atoms with E-state index >= 15 is 0 Å². The van der Waals surface area contributed by atoms with E-state index < -0.39 is 12.0 Å². The van der Waals surface area contributed by atoms with Crippen LogP contribution in [-0.2, 0) is 24.2 Å². The van der Waals surface area contributed by atoms with Gasteiger partial charge in [-0.1, -0.05) is 68.9 Å². The second-order valence-corrected chi connectivity index (χ2v) is 10.6. The zero-order valence-corrected chi connectivity index (χ0v) is 21.4. The first-order valence-corrected chi connectivity index (χ1v) is 13.2. The van der Waals surface area contributed by atoms with E-state index in [2.05, 4.69) is 54.1 Å². The summed E-state index contributed by atoms with van der Waals surface area (Å²) in [6.45, 7) is 7.86. The Morgan fingerprint density at radius 2 is 2.00 bits per heavy atom. The molecule has 35 heavy (non-hydrogen) atoms. The summed E-state index contributed by atoms with van der Waals surface area (Å²) in [6.07, 6.45) is 4.40. The van der Waals surface area contributed by atoms with Crippen LogP contribution in [0.1, 0.15) is 62.3 Å². The third-order valence-corrected chi connectivity index (χ3v) is 7.67. The number of hydrogen-bond donors (Lipinski definition) is 1. The van der Waals surface area contributed by atoms with Gasteiger partial charge >= 0.3 is 5.97 Å². The highest BCUT2D eigenvalue weighted by molar-refractivity contribution is 7.17. The molecule has 1 aromatic heterocycles. The molecular weight excluding hydrogens is 456 g/mol. The molecule has 2 heterocycles. The molecule has 1 aliphatic heterocycles. The van der Waals surface area contributed by atoms with Gasteiger partial charge in [-0.2, -0.15) is 5.26 Å². The molecule has 6 nitrogen and oxygen atoms in total. The van der Waals surface area contributed by atoms with Crippen molar-refractivity contribution in [2.75, 3.05) is 6.54 Å². The summed E-state index contributed by atoms with van der Waals surface area (Å²) >= 11 is 1.53. The van der Waals surface area contributed by atoms with Gasteiger partial charge in [0.15, 0.2) is 0 Å². The lowest BCUT2D eigenvalue weighted by atomic mass is 9.96. The maximum atomic E-state index is 11.8. The van der Waals surface area contributed by atoms with Crippen LogP contribution in [0.15, 0.2) is 36.4 Å². The number of likely N-dealkylation sites (tertiary alicyclic amines) is 1. The number of carboxylic acids is 1. The van der Waals surface area contributed by atoms with Gasteiger partial charge in [0.05, 0.1) is 11.6 Å². The van der Waals surface area contributed by atoms with Crippen molar-refractivity contribution in [1.82, 2.24) is 15.1 Å². The summed E-state index contributed by atoms with van der Waals surface area (Å²) in [5.74, 6) is -0.250. The topological polar surface area (TPSA) is 90.1 Å². The van der Waals surface area contributed by atoms with Crippen LogP contribution >= 0.6 is 11.3 Å². The molecule has 0 radical (unpaired) electrons. The molecule has 7 heteroatoms. The predicted molar refractivity (Wildman–Crippen MR) is 139 cm³/mol. The fourth-order valence-electron chi connectivity index (χ4n) is 4.96. The number of benzene rings is 2. The number of piperidine rings is 1. The van der Waals surface area contributed by atoms with Crippen LogP contribution in [0, 0.1) is 17.2 Å². The van der Waals surface area contributed by atoms with Crippen molar-refractivity contribution in [2.24, 2.45) is 5.92 Å². The van der Waals surface area contributed by atoms with E-state index in [0.717, 1.165) is 64.5 Å². The van der Waals surface area contributed by atoms with Gasteiger partial charge in [0, 0.05) is 17.7 Å². The number of aromatic nitrogens is 2. The van der Waals surface area contributed by atoms with Gasteiger partial charge in [-0.3, -0.25) is 9.69 Å². The lowest BCUT2D eigenvalue weighted by Crippen LogP contribution is -2.44. The average molecular weight is 489 g/mol. The molecule has 4 rings (SSSR count). The van der Waals surface area contributed by atoms with Crippen molar-refractivity contribution in [2.45, 2.75) is 65.5 Å². The molecule has 0 saturated carbocycles. The Balaban J connectivity index is 1.63. The highest BCUT2D eigenvalue weighted by Crippen LogP contribution is 2.35. The van der Waals surface area contributed by atoms with Gasteiger partial charge in [-0.05, 0) is 60.9 Å². The van der Waals surface area contributed by atoms with Crippen LogP contribution < -0.4 is 0 Å². The van der Waals surface area contributed by atoms with E-state index in [0.29, 0.717) is 24.4 Å². The first-order valence-electron chi connectivity index (χ1n) is 12.4. The van der Waals surface area contributed by atoms with E-state index in [9.17, 15) is 15.2 Å². The van der Waals surface area contributed by atoms with Gasteiger partial charge in [0.2, 0.25) is 0 Å². The van der Waals surface area contributed by atoms with E-state index in [1.165, 1.54) is 16.9 Å². The standard InChI is InChI=1S/C28H32N4O2S/c1-4-23-21(17-32-13-6-5-10-25(32)28(33)34)8-7-9-24(23)27-31-30-26(35-27)20-12-11-19(14-18(2)3)22(15-20)16-29/h7-9,11-12,15,18,25H,4-6,10,13-14,17H2,1-3H3,(H,33,34). The number of hydrogen-bond acceptors (Lipinski definition) is 6. The molecule has 1 aliphatic rings. The Morgan fingerprint density at radius 3 is 2.71 bits per heavy atom. The van der Waals surface area contributed by atoms with Crippen molar-refractivity contribution >= 4 is 17.3 Å². The van der Waals surface area contributed by atoms with E-state index in [1.807, 2.05) is 24.3 Å². The summed E-state index contributed by atoms with van der Waals surface area (Å²) < 4.78 is 0. The summed E-state index contributed by atoms with van der Waals surface area (Å²) in [4.78, 5) is 13.9. The van der Waals surface area contributed by atoms with E-state index in [1.54, 1.807) is 0 Å². The Bertz CT molecular complexity index is 1240. The fourth-order valence-corrected chi connectivity index (χ4v) is 5.85. The molecule has 1 fully saturated rings. The van der Waals surface area contributed by atoms with Crippen molar-refractivity contribution < 1.29 is 9.90 Å². The first kappa shape index (κ1) is 25.0. The molecule has 0 bridgehead atoms. The van der Waals surface area contributed by atoms with Crippen LogP contribution in [0.4, 0.5) is 0 Å². The highest BCUT2D eigenvalue weighted by Gasteiger charge is 2.29. The van der Waals surface area contributed by atoms with Gasteiger partial charge in [-0.25, -0.2) is 0 Å². The Kier molecular flexibility index (Phi) is 7.94. The van der Waals surface area contributed by atoms with Gasteiger partial charge in [0.25, 0.3) is 0 Å². The third-order valence-electron chi connectivity index (χ3n) is 6.66. The molecule has 1 unspecified atom stereocenters. The molecule has 2 aromatic carbocycles. The van der Waals surface area contributed by atoms with E-state index in [4.69, 9.17) is 0 Å². The molecular formula is C28H32N4O2S. The smallest absolute Gasteiger partial charge is 0.320 e. The summed E-state index contributed by atoms with van der Waals surface area (Å²) in [5, 5.41) is 29.9. The number of nitriles is 1. The fraction of sp³-hybridized carbons (Fsp3) is 0.429. The molecule has 1 atom stereocenters. The minimum absolute atomic E-state index is 0.418. The first-order chi connectivity index (χ1) is 16.9. The van der Waals surface area contributed by atoms with Crippen LogP contribution in [0.2, 0.25) is 0 Å². The van der Waals surface area contributed by atoms with Crippen molar-refractivity contribution in [3.63, 3.8) is 0 Å². The van der Waals surface area contributed by atoms with Crippen LogP contribution in [0.3, 0.4) is 0 Å². The zero-order chi connectivity index (χ0) is 24.9. The number of nitrogens with zero attached hydrogens (tertiary/aromatic N) is 4. The Hall–Kier alpha value is -3.08. The minimum atomic E-state index is -0.733. The summed E-state index contributed by atoms with van der Waals surface area (Å²) in [5.41, 5.74) is 6.06. The maximum absolute atomic E-state index is 11.8. The molecule has 0 amide bonds. The van der Waals surface area contributed by atoms with Crippen molar-refractivity contribution in [3.8, 4) is 27.2 Å². The number of aliphatic carboxylic acids is 1. The molecule has 182 valence electrons. The lowest BCUT2D eigenvalue weighted by Gasteiger charge is -2.33. The summed E-state index contributed by atoms with van der Waals surface area (Å²) in [6, 6.07) is 14.1. The lowest BCUT2D eigenvalue weighted by molar-refractivity contribution is -0.144. The second-order valence-electron chi connectivity index (χ2n) is 9.61. The van der Waals surface area contributed by atoms with Gasteiger partial charge in [-0.15, -0.1) is 10.2 Å². The van der Waals surface area contributed by atoms with Crippen molar-refractivity contribution in [1.29, 1.82) is 5.26 Å². The zero-order valence-electron chi connectivity index (χ0n) is 20.6. The number of carboxylic acid groups (broad SMARTS) is 1. The molecule has 3 aromatic rings. The maximum Gasteiger partial charge on any atom is 0.320 e. The minimum Gasteiger partial charge on any atom is -0.480 e. The quantitative estimate of drug-likeness (QED) is 0.422. The van der Waals surface area contributed by atoms with E-state index in [-0.39, 0.29) is 0 Å². The third kappa shape index (κ3) is 5.61. The van der Waals surface area contributed by atoms with Crippen LogP contribution in [0.5, 0.6) is 0 Å². The number of rotatable bonds is 8. The Labute approximate surface area is 211 Å². The van der Waals surface area contributed by atoms with Gasteiger partial charge in [0.1, 0.15) is 16.1 Å².